The van der Waals surface area contributed by atoms with Crippen molar-refractivity contribution in [2.75, 3.05) is 14.7 Å². The van der Waals surface area contributed by atoms with Gasteiger partial charge in [-0.15, -0.1) is 45.3 Å². The van der Waals surface area contributed by atoms with Crippen molar-refractivity contribution in [3.05, 3.63) is 426 Å². The molecule has 552 valence electrons. The van der Waals surface area contributed by atoms with Crippen molar-refractivity contribution in [3.8, 4) is 44.5 Å². The lowest BCUT2D eigenvalue weighted by molar-refractivity contribution is 1.28. The maximum atomic E-state index is 3.71. The number of fused-ring (bicyclic) bond motifs is 14. The van der Waals surface area contributed by atoms with Crippen molar-refractivity contribution in [2.45, 2.75) is 0 Å². The summed E-state index contributed by atoms with van der Waals surface area (Å²) in [6.07, 6.45) is 0. The Labute approximate surface area is 714 Å². The summed E-state index contributed by atoms with van der Waals surface area (Å²) in [5.41, 5.74) is 20.1. The number of benzene rings is 18. The minimum Gasteiger partial charge on any atom is -0.311 e. The second-order valence-electron chi connectivity index (χ2n) is 28.6. The first-order chi connectivity index (χ1) is 57.2. The zero-order valence-corrected chi connectivity index (χ0v) is 70.4. The number of thiophene rings is 4. The van der Waals surface area contributed by atoms with E-state index in [2.05, 4.69) is 475 Å². The largest absolute Gasteiger partial charge is 0.311 e. The Kier molecular flexibility index (Phi) is 20.1. The Morgan fingerprint density at radius 1 is 0.190 bits per heavy atom. The van der Waals surface area contributed by atoms with E-state index in [1.807, 2.05) is 45.3 Å². The highest BCUT2D eigenvalue weighted by Crippen LogP contribution is 2.50. The number of anilines is 9. The Morgan fingerprint density at radius 3 is 1.03 bits per heavy atom. The lowest BCUT2D eigenvalue weighted by Crippen LogP contribution is -2.10. The molecule has 3 nitrogen and oxygen atoms in total. The van der Waals surface area contributed by atoms with Crippen LogP contribution in [-0.2, 0) is 0 Å². The van der Waals surface area contributed by atoms with Gasteiger partial charge in [0.2, 0.25) is 0 Å². The van der Waals surface area contributed by atoms with E-state index >= 15 is 0 Å². The van der Waals surface area contributed by atoms with Gasteiger partial charge in [0.15, 0.2) is 0 Å². The molecule has 0 saturated heterocycles. The van der Waals surface area contributed by atoms with E-state index in [-0.39, 0.29) is 0 Å². The van der Waals surface area contributed by atoms with Crippen LogP contribution in [0.2, 0.25) is 0 Å². The lowest BCUT2D eigenvalue weighted by atomic mass is 10.0. The van der Waals surface area contributed by atoms with E-state index in [4.69, 9.17) is 0 Å². The molecule has 4 heterocycles. The normalized spacial score (nSPS) is 11.4. The summed E-state index contributed by atoms with van der Waals surface area (Å²) in [4.78, 5) is 7.10. The maximum Gasteiger partial charge on any atom is 0.0646 e. The van der Waals surface area contributed by atoms with Crippen molar-refractivity contribution in [2.24, 2.45) is 0 Å². The number of hydrogen-bond donors (Lipinski definition) is 0. The van der Waals surface area contributed by atoms with Crippen LogP contribution in [0.4, 0.5) is 51.2 Å². The van der Waals surface area contributed by atoms with E-state index < -0.39 is 0 Å². The summed E-state index contributed by atoms with van der Waals surface area (Å²) in [5, 5.41) is 13.1. The lowest BCUT2D eigenvalue weighted by Gasteiger charge is -2.27. The molecule has 18 aromatic carbocycles. The van der Waals surface area contributed by atoms with Crippen molar-refractivity contribution < 1.29 is 0 Å². The quantitative estimate of drug-likeness (QED) is 0.114. The molecule has 0 aliphatic carbocycles. The monoisotopic (exact) mass is 1750 g/mol. The molecule has 0 bridgehead atoms. The van der Waals surface area contributed by atoms with Crippen LogP contribution in [0.5, 0.6) is 0 Å². The molecule has 0 fully saturated rings. The second-order valence-corrected chi connectivity index (χ2v) is 35.6. The zero-order chi connectivity index (χ0) is 77.6. The van der Waals surface area contributed by atoms with Crippen LogP contribution in [0.3, 0.4) is 0 Å². The average Bonchev–Trinajstić information content (AvgIpc) is 1.53. The van der Waals surface area contributed by atoms with Gasteiger partial charge in [0.25, 0.3) is 0 Å². The molecule has 0 radical (unpaired) electrons. The van der Waals surface area contributed by atoms with Crippen LogP contribution < -0.4 is 14.7 Å². The highest BCUT2D eigenvalue weighted by Gasteiger charge is 2.23. The predicted molar refractivity (Wildman–Crippen MR) is 517 cm³/mol. The summed E-state index contributed by atoms with van der Waals surface area (Å²) in [5.74, 6) is 0. The van der Waals surface area contributed by atoms with Gasteiger partial charge in [-0.25, -0.2) is 0 Å². The summed E-state index contributed by atoms with van der Waals surface area (Å²) in [6.45, 7) is 0. The molecule has 116 heavy (non-hydrogen) atoms. The molecule has 22 aromatic rings. The third-order valence-corrected chi connectivity index (χ3v) is 28.0. The second kappa shape index (κ2) is 32.0. The third-order valence-electron chi connectivity index (χ3n) is 21.6. The van der Waals surface area contributed by atoms with Gasteiger partial charge in [-0.2, -0.15) is 0 Å². The number of hydrogen-bond acceptors (Lipinski definition) is 7. The van der Waals surface area contributed by atoms with Crippen molar-refractivity contribution in [3.63, 3.8) is 0 Å². The molecule has 0 N–H and O–H groups in total. The highest BCUT2D eigenvalue weighted by molar-refractivity contribution is 9.11. The van der Waals surface area contributed by atoms with E-state index in [0.717, 1.165) is 58.9 Å². The van der Waals surface area contributed by atoms with Crippen LogP contribution in [0.15, 0.2) is 426 Å². The van der Waals surface area contributed by atoms with E-state index in [1.165, 1.54) is 142 Å². The molecule has 0 spiro atoms. The van der Waals surface area contributed by atoms with E-state index in [9.17, 15) is 0 Å². The van der Waals surface area contributed by atoms with Gasteiger partial charge in [0.1, 0.15) is 0 Å². The van der Waals surface area contributed by atoms with Gasteiger partial charge < -0.3 is 14.7 Å². The molecular weight excluding hydrogens is 1680 g/mol. The minimum absolute atomic E-state index is 1.09. The van der Waals surface area contributed by atoms with Gasteiger partial charge in [0, 0.05) is 135 Å². The van der Waals surface area contributed by atoms with Crippen LogP contribution >= 0.6 is 93.1 Å². The van der Waals surface area contributed by atoms with Gasteiger partial charge in [-0.3, -0.25) is 0 Å². The maximum absolute atomic E-state index is 3.71. The van der Waals surface area contributed by atoms with Crippen LogP contribution in [-0.4, -0.2) is 0 Å². The molecular formula is C106H68Br3N3S4. The Bertz CT molecular complexity index is 7230. The fourth-order valence-corrected chi connectivity index (χ4v) is 21.8. The van der Waals surface area contributed by atoms with Gasteiger partial charge in [-0.1, -0.05) is 303 Å². The van der Waals surface area contributed by atoms with Crippen LogP contribution in [0.25, 0.3) is 136 Å². The van der Waals surface area contributed by atoms with E-state index in [0.29, 0.717) is 0 Å². The topological polar surface area (TPSA) is 9.72 Å². The number of para-hydroxylation sites is 2. The predicted octanol–water partition coefficient (Wildman–Crippen LogP) is 35.0. The highest BCUT2D eigenvalue weighted by atomic mass is 79.9. The number of rotatable bonds is 13. The molecule has 0 aliphatic rings. The molecule has 0 amide bonds. The molecule has 10 heteroatoms. The zero-order valence-electron chi connectivity index (χ0n) is 62.4. The van der Waals surface area contributed by atoms with Gasteiger partial charge >= 0.3 is 0 Å². The summed E-state index contributed by atoms with van der Waals surface area (Å²) < 4.78 is 13.8. The van der Waals surface area contributed by atoms with Gasteiger partial charge in [0.05, 0.1) is 10.4 Å². The standard InChI is InChI=1S/C36H22BrNS2.C36H24BrNS.C34H22BrNS/c37-25-13-9-23(10-14-25)24-11-15-26(16-12-24)38(27-17-19-31-29-5-1-3-7-33(29)39-35(31)21-27)28-18-20-32-30-6-2-4-8-34(30)40-36(32)22-28;37-28-19-13-25(14-20-28)26-15-21-30(22-16-26)38(29-7-2-1-3-8-29)31-23-17-27(18-24-31)32-10-6-11-34-33-9-4-5-12-35(33)39-36(32)34;35-30-16-8-6-13-27(30)23-18-20-26(21-19-23)36(25-11-2-1-3-12-25)31-22-24-10-4-5-14-28(24)33-29-15-7-9-17-32(29)37-34(31)33/h1-22H;1-24H;1-22H. The van der Waals surface area contributed by atoms with Crippen molar-refractivity contribution >= 4 is 236 Å². The molecule has 0 saturated carbocycles. The SMILES string of the molecule is Brc1ccc(-c2ccc(N(c3ccc4c(c3)sc3ccccc34)c3ccc4c(c3)sc3ccccc34)cc2)cc1.Brc1ccc(-c2ccc(N(c3ccccc3)c3ccc(-c4cccc5c4sc4ccccc45)cc3)cc2)cc1.Brc1ccccc1-c1ccc(N(c2ccccc2)c2cc3ccccc3c3c2sc2ccccc23)cc1. The molecule has 4 aromatic heterocycles. The molecule has 0 aliphatic heterocycles. The Balaban J connectivity index is 0.000000112. The first-order valence-corrected chi connectivity index (χ1v) is 44.1. The van der Waals surface area contributed by atoms with Crippen molar-refractivity contribution in [1.82, 2.24) is 0 Å². The van der Waals surface area contributed by atoms with Gasteiger partial charge in [-0.05, 0) is 213 Å². The van der Waals surface area contributed by atoms with Crippen LogP contribution in [0, 0.1) is 0 Å². The summed E-state index contributed by atoms with van der Waals surface area (Å²) >= 11 is 18.3. The first kappa shape index (κ1) is 72.9. The fourth-order valence-electron chi connectivity index (χ4n) is 16.0. The fraction of sp³-hybridized carbons (Fsp3) is 0. The van der Waals surface area contributed by atoms with Crippen LogP contribution in [0.1, 0.15) is 0 Å². The van der Waals surface area contributed by atoms with Crippen molar-refractivity contribution in [1.29, 1.82) is 0 Å². The Morgan fingerprint density at radius 2 is 0.517 bits per heavy atom. The number of halogens is 3. The summed E-state index contributed by atoms with van der Waals surface area (Å²) in [6, 6.07) is 149. The smallest absolute Gasteiger partial charge is 0.0646 e. The Hall–Kier alpha value is -12.1. The molecule has 0 unspecified atom stereocenters. The number of nitrogens with zero attached hydrogens (tertiary/aromatic N) is 3. The van der Waals surface area contributed by atoms with E-state index in [1.54, 1.807) is 0 Å². The average molecular weight is 1750 g/mol. The molecule has 0 atom stereocenters. The summed E-state index contributed by atoms with van der Waals surface area (Å²) in [7, 11) is 0. The first-order valence-electron chi connectivity index (χ1n) is 38.5. The minimum atomic E-state index is 1.09. The molecule has 22 rings (SSSR count). The third kappa shape index (κ3) is 14.3.